The number of methoxy groups -OCH3 is 1. The largest absolute Gasteiger partial charge is 0.493 e. The first kappa shape index (κ1) is 25.4. The molecular weight excluding hydrogens is 519 g/mol. The minimum absolute atomic E-state index is 0. The number of hydrogen-bond acceptors (Lipinski definition) is 5. The van der Waals surface area contributed by atoms with Crippen LogP contribution in [0.1, 0.15) is 30.8 Å². The predicted molar refractivity (Wildman–Crippen MR) is 139 cm³/mol. The molecule has 0 spiro atoms. The minimum atomic E-state index is 0. The maximum atomic E-state index is 5.66. The normalized spacial score (nSPS) is 11.0. The Morgan fingerprint density at radius 1 is 1.09 bits per heavy atom. The quantitative estimate of drug-likeness (QED) is 0.244. The van der Waals surface area contributed by atoms with Crippen molar-refractivity contribution in [3.05, 3.63) is 59.5 Å². The fourth-order valence-electron chi connectivity index (χ4n) is 3.13. The highest BCUT2D eigenvalue weighted by molar-refractivity contribution is 14.0. The number of rotatable bonds is 8. The summed E-state index contributed by atoms with van der Waals surface area (Å²) in [6, 6.07) is 11.7. The van der Waals surface area contributed by atoms with Gasteiger partial charge in [-0.15, -0.1) is 24.0 Å². The topological polar surface area (TPSA) is 85.6 Å². The molecule has 0 unspecified atom stereocenters. The van der Waals surface area contributed by atoms with Gasteiger partial charge in [0.15, 0.2) is 23.3 Å². The number of nitrogens with one attached hydrogen (secondary N) is 2. The molecule has 0 radical (unpaired) electrons. The average molecular weight is 550 g/mol. The molecule has 2 heterocycles. The van der Waals surface area contributed by atoms with Gasteiger partial charge in [-0.25, -0.2) is 14.7 Å². The smallest absolute Gasteiger partial charge is 0.196 e. The molecule has 1 aromatic carbocycles. The molecule has 0 aliphatic carbocycles. The molecule has 9 heteroatoms. The first-order chi connectivity index (χ1) is 15.0. The number of anilines is 1. The Hall–Kier alpha value is -2.82. The maximum absolute atomic E-state index is 5.66. The Bertz CT molecular complexity index is 1030. The van der Waals surface area contributed by atoms with Crippen molar-refractivity contribution in [1.29, 1.82) is 0 Å². The molecule has 8 nitrogen and oxygen atoms in total. The standard InChI is InChI=1S/C23H30N6O2.HI/c1-6-24-23(27-19-9-10-20(30-5)21(13-19)31-7-2)26-15-18-8-11-22(25-14-18)29-17(4)12-16(3)28-29;/h8-14H,6-7,15H2,1-5H3,(H2,24,26,27);1H. The van der Waals surface area contributed by atoms with Gasteiger partial charge in [-0.1, -0.05) is 6.07 Å². The molecule has 0 aliphatic heterocycles. The Morgan fingerprint density at radius 2 is 1.91 bits per heavy atom. The molecule has 0 aliphatic rings. The van der Waals surface area contributed by atoms with Gasteiger partial charge in [-0.05, 0) is 57.5 Å². The fraction of sp³-hybridized carbons (Fsp3) is 0.348. The third-order valence-corrected chi connectivity index (χ3v) is 4.53. The minimum Gasteiger partial charge on any atom is -0.493 e. The van der Waals surface area contributed by atoms with Crippen LogP contribution in [-0.4, -0.2) is 41.0 Å². The third kappa shape index (κ3) is 6.59. The summed E-state index contributed by atoms with van der Waals surface area (Å²) in [4.78, 5) is 9.22. The highest BCUT2D eigenvalue weighted by atomic mass is 127. The molecule has 0 bridgehead atoms. The lowest BCUT2D eigenvalue weighted by Gasteiger charge is -2.14. The number of ether oxygens (including phenoxy) is 2. The summed E-state index contributed by atoms with van der Waals surface area (Å²) in [6.07, 6.45) is 1.83. The summed E-state index contributed by atoms with van der Waals surface area (Å²) in [7, 11) is 1.63. The van der Waals surface area contributed by atoms with E-state index in [-0.39, 0.29) is 24.0 Å². The highest BCUT2D eigenvalue weighted by Crippen LogP contribution is 2.30. The molecule has 0 saturated heterocycles. The molecular formula is C23H31IN6O2. The van der Waals surface area contributed by atoms with Crippen molar-refractivity contribution < 1.29 is 9.47 Å². The van der Waals surface area contributed by atoms with Crippen LogP contribution in [0.3, 0.4) is 0 Å². The molecule has 172 valence electrons. The van der Waals surface area contributed by atoms with Crippen LogP contribution in [0.15, 0.2) is 47.6 Å². The van der Waals surface area contributed by atoms with E-state index in [1.807, 2.05) is 75.0 Å². The van der Waals surface area contributed by atoms with Crippen molar-refractivity contribution in [3.63, 3.8) is 0 Å². The number of guanidine groups is 1. The zero-order valence-electron chi connectivity index (χ0n) is 19.2. The number of hydrogen-bond donors (Lipinski definition) is 2. The van der Waals surface area contributed by atoms with Crippen LogP contribution in [0.5, 0.6) is 11.5 Å². The van der Waals surface area contributed by atoms with E-state index >= 15 is 0 Å². The van der Waals surface area contributed by atoms with Crippen molar-refractivity contribution in [3.8, 4) is 17.3 Å². The summed E-state index contributed by atoms with van der Waals surface area (Å²) in [6.45, 7) is 9.77. The zero-order chi connectivity index (χ0) is 22.2. The average Bonchev–Trinajstić information content (AvgIpc) is 3.11. The van der Waals surface area contributed by atoms with Crippen molar-refractivity contribution in [2.45, 2.75) is 34.2 Å². The van der Waals surface area contributed by atoms with Crippen LogP contribution in [-0.2, 0) is 6.54 Å². The van der Waals surface area contributed by atoms with Crippen LogP contribution in [0, 0.1) is 13.8 Å². The highest BCUT2D eigenvalue weighted by Gasteiger charge is 2.08. The lowest BCUT2D eigenvalue weighted by atomic mass is 10.2. The summed E-state index contributed by atoms with van der Waals surface area (Å²) in [5.74, 6) is 2.86. The number of nitrogens with zero attached hydrogens (tertiary/aromatic N) is 4. The summed E-state index contributed by atoms with van der Waals surface area (Å²) in [5, 5.41) is 11.1. The van der Waals surface area contributed by atoms with E-state index in [1.165, 1.54) is 0 Å². The van der Waals surface area contributed by atoms with Gasteiger partial charge in [0.25, 0.3) is 0 Å². The van der Waals surface area contributed by atoms with E-state index in [1.54, 1.807) is 7.11 Å². The van der Waals surface area contributed by atoms with Gasteiger partial charge in [0.1, 0.15) is 0 Å². The fourth-order valence-corrected chi connectivity index (χ4v) is 3.13. The lowest BCUT2D eigenvalue weighted by molar-refractivity contribution is 0.311. The number of halogens is 1. The second-order valence-electron chi connectivity index (χ2n) is 6.98. The molecule has 32 heavy (non-hydrogen) atoms. The maximum Gasteiger partial charge on any atom is 0.196 e. The van der Waals surface area contributed by atoms with Crippen molar-refractivity contribution in [1.82, 2.24) is 20.1 Å². The number of aryl methyl sites for hydroxylation is 2. The molecule has 2 N–H and O–H groups in total. The number of aliphatic imine (C=N–C) groups is 1. The Labute approximate surface area is 206 Å². The first-order valence-electron chi connectivity index (χ1n) is 10.4. The molecule has 0 atom stereocenters. The van der Waals surface area contributed by atoms with Gasteiger partial charge in [0.05, 0.1) is 26.0 Å². The van der Waals surface area contributed by atoms with Crippen LogP contribution in [0.4, 0.5) is 5.69 Å². The van der Waals surface area contributed by atoms with Crippen molar-refractivity contribution >= 4 is 35.6 Å². The molecule has 2 aromatic heterocycles. The van der Waals surface area contributed by atoms with Crippen molar-refractivity contribution in [2.75, 3.05) is 25.6 Å². The van der Waals surface area contributed by atoms with E-state index in [0.29, 0.717) is 30.6 Å². The van der Waals surface area contributed by atoms with E-state index < -0.39 is 0 Å². The van der Waals surface area contributed by atoms with E-state index in [9.17, 15) is 0 Å². The zero-order valence-corrected chi connectivity index (χ0v) is 21.5. The lowest BCUT2D eigenvalue weighted by Crippen LogP contribution is -2.30. The second-order valence-corrected chi connectivity index (χ2v) is 6.98. The van der Waals surface area contributed by atoms with Crippen LogP contribution in [0.2, 0.25) is 0 Å². The third-order valence-electron chi connectivity index (χ3n) is 4.53. The van der Waals surface area contributed by atoms with Gasteiger partial charge in [0, 0.05) is 30.2 Å². The van der Waals surface area contributed by atoms with Crippen molar-refractivity contribution in [2.24, 2.45) is 4.99 Å². The summed E-state index contributed by atoms with van der Waals surface area (Å²) < 4.78 is 12.8. The molecule has 3 rings (SSSR count). The predicted octanol–water partition coefficient (Wildman–Crippen LogP) is 4.49. The van der Waals surface area contributed by atoms with Crippen LogP contribution < -0.4 is 20.1 Å². The molecule has 0 amide bonds. The van der Waals surface area contributed by atoms with Crippen LogP contribution >= 0.6 is 24.0 Å². The number of aromatic nitrogens is 3. The van der Waals surface area contributed by atoms with Gasteiger partial charge in [0.2, 0.25) is 0 Å². The molecule has 0 saturated carbocycles. The monoisotopic (exact) mass is 550 g/mol. The van der Waals surface area contributed by atoms with Gasteiger partial charge < -0.3 is 20.1 Å². The SMILES string of the molecule is CCNC(=NCc1ccc(-n2nc(C)cc2C)nc1)Nc1ccc(OC)c(OCC)c1.I. The number of pyridine rings is 1. The van der Waals surface area contributed by atoms with Gasteiger partial charge >= 0.3 is 0 Å². The van der Waals surface area contributed by atoms with E-state index in [0.717, 1.165) is 35.0 Å². The van der Waals surface area contributed by atoms with E-state index in [4.69, 9.17) is 9.47 Å². The summed E-state index contributed by atoms with van der Waals surface area (Å²) >= 11 is 0. The van der Waals surface area contributed by atoms with Crippen LogP contribution in [0.25, 0.3) is 5.82 Å². The molecule has 0 fully saturated rings. The first-order valence-corrected chi connectivity index (χ1v) is 10.4. The van der Waals surface area contributed by atoms with E-state index in [2.05, 4.69) is 25.7 Å². The summed E-state index contributed by atoms with van der Waals surface area (Å²) in [5.41, 5.74) is 3.90. The Kier molecular flexibility index (Phi) is 9.76. The second kappa shape index (κ2) is 12.3. The number of benzene rings is 1. The molecule has 3 aromatic rings. The Morgan fingerprint density at radius 3 is 2.50 bits per heavy atom. The van der Waals surface area contributed by atoms with Gasteiger partial charge in [-0.3, -0.25) is 0 Å². The van der Waals surface area contributed by atoms with Gasteiger partial charge in [-0.2, -0.15) is 5.10 Å². The Balaban J connectivity index is 0.00000363.